The van der Waals surface area contributed by atoms with Gasteiger partial charge in [-0.05, 0) is 56.2 Å². The topological polar surface area (TPSA) is 75.2 Å². The lowest BCUT2D eigenvalue weighted by atomic mass is 10.1. The summed E-state index contributed by atoms with van der Waals surface area (Å²) in [6.45, 7) is 14.0. The van der Waals surface area contributed by atoms with Crippen LogP contribution in [0, 0.1) is 20.8 Å². The van der Waals surface area contributed by atoms with Crippen molar-refractivity contribution in [3.63, 3.8) is 0 Å². The van der Waals surface area contributed by atoms with Crippen LogP contribution in [0.15, 0.2) is 30.3 Å². The van der Waals surface area contributed by atoms with Crippen LogP contribution < -0.4 is 9.80 Å². The van der Waals surface area contributed by atoms with Crippen molar-refractivity contribution in [2.45, 2.75) is 34.6 Å². The number of anilines is 2. The molecule has 2 aromatic rings. The van der Waals surface area contributed by atoms with Crippen LogP contribution in [0.1, 0.15) is 41.0 Å². The van der Waals surface area contributed by atoms with Crippen molar-refractivity contribution in [2.75, 3.05) is 63.4 Å². The number of carbonyl (C=O) groups is 2. The number of amides is 2. The lowest BCUT2D eigenvalue weighted by Gasteiger charge is -2.36. The molecule has 2 fully saturated rings. The first-order valence-electron chi connectivity index (χ1n) is 11.8. The molecule has 8 nitrogen and oxygen atoms in total. The molecule has 4 rings (SSSR count). The van der Waals surface area contributed by atoms with Gasteiger partial charge in [0.25, 0.3) is 5.91 Å². The third-order valence-electron chi connectivity index (χ3n) is 5.68. The summed E-state index contributed by atoms with van der Waals surface area (Å²) in [6.07, 6.45) is -0.338. The highest BCUT2D eigenvalue weighted by molar-refractivity contribution is 5.96. The first kappa shape index (κ1) is 27.1. The average molecular weight is 471 g/mol. The quantitative estimate of drug-likeness (QED) is 0.669. The van der Waals surface area contributed by atoms with Gasteiger partial charge >= 0.3 is 6.09 Å². The Labute approximate surface area is 203 Å². The van der Waals surface area contributed by atoms with E-state index in [-0.39, 0.29) is 12.0 Å². The van der Waals surface area contributed by atoms with E-state index in [1.165, 1.54) is 11.1 Å². The minimum atomic E-state index is -0.338. The largest absolute Gasteiger partial charge is 0.447 e. The molecule has 0 bridgehead atoms. The fourth-order valence-corrected chi connectivity index (χ4v) is 3.86. The van der Waals surface area contributed by atoms with Crippen molar-refractivity contribution in [3.05, 3.63) is 52.7 Å². The summed E-state index contributed by atoms with van der Waals surface area (Å²) in [5.74, 6) is 1.03. The Balaban J connectivity index is 0.000000758. The standard InChI is InChI=1S/C22H26N4O3.C2H6O.C2H6/c1-15-14-16(2)20(23-17(15)3)24-8-10-25(11-9-24)21(27)18-4-6-19(7-5-18)26-12-13-29-22(26)28;1-3-2;1-2/h4-7,14H,8-13H2,1-3H3;1-2H3;1-2H3. The van der Waals surface area contributed by atoms with E-state index in [2.05, 4.69) is 29.6 Å². The molecule has 2 aliphatic heterocycles. The van der Waals surface area contributed by atoms with Gasteiger partial charge in [-0.25, -0.2) is 9.78 Å². The van der Waals surface area contributed by atoms with Crippen LogP contribution in [-0.4, -0.2) is 75.4 Å². The van der Waals surface area contributed by atoms with Gasteiger partial charge in [-0.3, -0.25) is 9.69 Å². The average Bonchev–Trinajstić information content (AvgIpc) is 3.29. The fourth-order valence-electron chi connectivity index (χ4n) is 3.86. The number of ether oxygens (including phenoxy) is 2. The fraction of sp³-hybridized carbons (Fsp3) is 0.500. The highest BCUT2D eigenvalue weighted by Gasteiger charge is 2.26. The maximum atomic E-state index is 12.9. The Bertz CT molecular complexity index is 954. The monoisotopic (exact) mass is 470 g/mol. The molecule has 0 unspecified atom stereocenters. The number of hydrogen-bond acceptors (Lipinski definition) is 6. The molecule has 0 N–H and O–H groups in total. The molecule has 0 atom stereocenters. The van der Waals surface area contributed by atoms with E-state index in [4.69, 9.17) is 9.72 Å². The minimum absolute atomic E-state index is 0.0185. The second-order valence-electron chi connectivity index (χ2n) is 8.03. The molecular weight excluding hydrogens is 432 g/mol. The number of benzene rings is 1. The summed E-state index contributed by atoms with van der Waals surface area (Å²) < 4.78 is 9.21. The number of methoxy groups -OCH3 is 1. The van der Waals surface area contributed by atoms with Crippen molar-refractivity contribution < 1.29 is 19.1 Å². The lowest BCUT2D eigenvalue weighted by Crippen LogP contribution is -2.49. The van der Waals surface area contributed by atoms with Crippen molar-refractivity contribution in [3.8, 4) is 0 Å². The molecule has 2 aliphatic rings. The minimum Gasteiger partial charge on any atom is -0.447 e. The summed E-state index contributed by atoms with van der Waals surface area (Å²) in [5, 5.41) is 0. The second kappa shape index (κ2) is 12.9. The highest BCUT2D eigenvalue weighted by Crippen LogP contribution is 2.23. The van der Waals surface area contributed by atoms with Gasteiger partial charge < -0.3 is 19.3 Å². The Morgan fingerprint density at radius 2 is 1.53 bits per heavy atom. The molecule has 8 heteroatoms. The number of carbonyl (C=O) groups excluding carboxylic acids is 2. The molecule has 1 aromatic heterocycles. The van der Waals surface area contributed by atoms with E-state index in [1.54, 1.807) is 43.4 Å². The third-order valence-corrected chi connectivity index (χ3v) is 5.68. The van der Waals surface area contributed by atoms with Gasteiger partial charge in [0, 0.05) is 57.3 Å². The molecule has 0 saturated carbocycles. The van der Waals surface area contributed by atoms with Crippen LogP contribution in [-0.2, 0) is 9.47 Å². The number of pyridine rings is 1. The smallest absolute Gasteiger partial charge is 0.414 e. The van der Waals surface area contributed by atoms with Gasteiger partial charge in [0.05, 0.1) is 6.54 Å². The SMILES string of the molecule is CC.COC.Cc1cc(C)c(N2CCN(C(=O)c3ccc(N4CCOC4=O)cc3)CC2)nc1C. The first-order chi connectivity index (χ1) is 16.3. The predicted octanol–water partition coefficient (Wildman–Crippen LogP) is 4.21. The summed E-state index contributed by atoms with van der Waals surface area (Å²) in [7, 11) is 3.25. The molecular formula is C26H38N4O4. The molecule has 0 spiro atoms. The zero-order valence-electron chi connectivity index (χ0n) is 21.6. The molecule has 2 amide bonds. The van der Waals surface area contributed by atoms with Crippen LogP contribution in [0.25, 0.3) is 0 Å². The van der Waals surface area contributed by atoms with Crippen LogP contribution >= 0.6 is 0 Å². The van der Waals surface area contributed by atoms with Crippen LogP contribution in [0.3, 0.4) is 0 Å². The zero-order chi connectivity index (χ0) is 25.3. The predicted molar refractivity (Wildman–Crippen MR) is 136 cm³/mol. The summed E-state index contributed by atoms with van der Waals surface area (Å²) in [4.78, 5) is 35.0. The first-order valence-corrected chi connectivity index (χ1v) is 11.8. The number of piperazine rings is 1. The number of cyclic esters (lactones) is 1. The van der Waals surface area contributed by atoms with Gasteiger partial charge in [-0.15, -0.1) is 0 Å². The molecule has 0 radical (unpaired) electrons. The van der Waals surface area contributed by atoms with Gasteiger partial charge in [-0.1, -0.05) is 19.9 Å². The van der Waals surface area contributed by atoms with Crippen LogP contribution in [0.4, 0.5) is 16.3 Å². The summed E-state index contributed by atoms with van der Waals surface area (Å²) in [5.41, 5.74) is 4.81. The zero-order valence-corrected chi connectivity index (χ0v) is 21.6. The third kappa shape index (κ3) is 6.47. The molecule has 0 aliphatic carbocycles. The molecule has 2 saturated heterocycles. The van der Waals surface area contributed by atoms with E-state index in [1.807, 2.05) is 25.7 Å². The van der Waals surface area contributed by atoms with E-state index in [9.17, 15) is 9.59 Å². The van der Waals surface area contributed by atoms with Gasteiger partial charge in [0.1, 0.15) is 12.4 Å². The highest BCUT2D eigenvalue weighted by atomic mass is 16.6. The van der Waals surface area contributed by atoms with Gasteiger partial charge in [-0.2, -0.15) is 0 Å². The maximum absolute atomic E-state index is 12.9. The molecule has 186 valence electrons. The van der Waals surface area contributed by atoms with Crippen LogP contribution in [0.5, 0.6) is 0 Å². The van der Waals surface area contributed by atoms with Crippen LogP contribution in [0.2, 0.25) is 0 Å². The number of aryl methyl sites for hydroxylation is 3. The molecule has 34 heavy (non-hydrogen) atoms. The van der Waals surface area contributed by atoms with Gasteiger partial charge in [0.2, 0.25) is 0 Å². The Morgan fingerprint density at radius 3 is 2.06 bits per heavy atom. The number of nitrogens with zero attached hydrogens (tertiary/aromatic N) is 4. The summed E-state index contributed by atoms with van der Waals surface area (Å²) in [6, 6.07) is 9.35. The van der Waals surface area contributed by atoms with Gasteiger partial charge in [0.15, 0.2) is 0 Å². The van der Waals surface area contributed by atoms with Crippen molar-refractivity contribution in [1.82, 2.24) is 9.88 Å². The molecule has 3 heterocycles. The Morgan fingerprint density at radius 1 is 0.941 bits per heavy atom. The van der Waals surface area contributed by atoms with E-state index < -0.39 is 0 Å². The number of aromatic nitrogens is 1. The van der Waals surface area contributed by atoms with Crippen molar-refractivity contribution >= 4 is 23.5 Å². The Kier molecular flexibility index (Phi) is 10.3. The number of rotatable bonds is 3. The van der Waals surface area contributed by atoms with Crippen molar-refractivity contribution in [1.29, 1.82) is 0 Å². The Hall–Kier alpha value is -3.13. The van der Waals surface area contributed by atoms with Crippen molar-refractivity contribution in [2.24, 2.45) is 0 Å². The lowest BCUT2D eigenvalue weighted by molar-refractivity contribution is 0.0746. The van der Waals surface area contributed by atoms with E-state index >= 15 is 0 Å². The second-order valence-corrected chi connectivity index (χ2v) is 8.03. The summed E-state index contributed by atoms with van der Waals surface area (Å²) >= 11 is 0. The van der Waals surface area contributed by atoms with E-state index in [0.29, 0.717) is 31.8 Å². The molecule has 1 aromatic carbocycles. The maximum Gasteiger partial charge on any atom is 0.414 e. The normalized spacial score (nSPS) is 15.1. The van der Waals surface area contributed by atoms with E-state index in [0.717, 1.165) is 30.3 Å². The number of hydrogen-bond donors (Lipinski definition) is 0.